The molecule has 5 nitrogen and oxygen atoms in total. The minimum absolute atomic E-state index is 0.476. The lowest BCUT2D eigenvalue weighted by Gasteiger charge is -2.29. The molecule has 0 atom stereocenters. The van der Waals surface area contributed by atoms with Crippen LogP contribution in [0.25, 0.3) is 5.78 Å². The van der Waals surface area contributed by atoms with Gasteiger partial charge in [-0.1, -0.05) is 11.6 Å². The van der Waals surface area contributed by atoms with Gasteiger partial charge in [0.1, 0.15) is 11.0 Å². The molecule has 1 saturated heterocycles. The summed E-state index contributed by atoms with van der Waals surface area (Å²) in [5, 5.41) is 0.476. The summed E-state index contributed by atoms with van der Waals surface area (Å²) in [6.07, 6.45) is 1.98. The van der Waals surface area contributed by atoms with Crippen molar-refractivity contribution < 1.29 is 4.74 Å². The molecule has 88 valence electrons. The lowest BCUT2D eigenvalue weighted by molar-refractivity contribution is 0.122. The monoisotopic (exact) mass is 250 g/mol. The van der Waals surface area contributed by atoms with Crippen LogP contribution in [-0.4, -0.2) is 48.5 Å². The van der Waals surface area contributed by atoms with Gasteiger partial charge in [-0.05, 0) is 0 Å². The number of ether oxygens (including phenoxy) is 1. The molecule has 0 amide bonds. The molecule has 0 saturated carbocycles. The second-order valence-corrected chi connectivity index (χ2v) is 4.48. The summed E-state index contributed by atoms with van der Waals surface area (Å²) in [6, 6.07) is 1.88. The Balaban J connectivity index is 2.12. The van der Waals surface area contributed by atoms with Gasteiger partial charge in [-0.2, -0.15) is 0 Å². The van der Waals surface area contributed by atoms with Crippen molar-refractivity contribution in [3.05, 3.63) is 17.4 Å². The Morgan fingerprint density at radius 1 is 1.29 bits per heavy atom. The molecule has 2 aromatic rings. The summed E-state index contributed by atoms with van der Waals surface area (Å²) in [4.78, 5) is 10.8. The van der Waals surface area contributed by atoms with Crippen molar-refractivity contribution in [3.8, 4) is 0 Å². The number of anilines is 1. The van der Waals surface area contributed by atoms with Gasteiger partial charge >= 0.3 is 0 Å². The first-order valence-corrected chi connectivity index (χ1v) is 5.97. The van der Waals surface area contributed by atoms with Crippen molar-refractivity contribution >= 4 is 36.6 Å². The van der Waals surface area contributed by atoms with E-state index in [9.17, 15) is 0 Å². The predicted molar refractivity (Wildman–Crippen MR) is 69.2 cm³/mol. The Morgan fingerprint density at radius 2 is 2.06 bits per heavy atom. The molecule has 0 radical (unpaired) electrons. The van der Waals surface area contributed by atoms with Crippen molar-refractivity contribution in [3.63, 3.8) is 0 Å². The number of fused-ring (bicyclic) bond motifs is 1. The molecule has 17 heavy (non-hydrogen) atoms. The molecule has 1 aliphatic heterocycles. The standard InChI is InChI=1S/C10H12BClN4O/c11-7-6-16-9(15-1-3-17-4-2-15)5-8(12)14-10(16)13-7/h5-6H,1-4,11H2. The second kappa shape index (κ2) is 4.20. The maximum Gasteiger partial charge on any atom is 0.236 e. The van der Waals surface area contributed by atoms with Gasteiger partial charge in [0, 0.05) is 30.9 Å². The van der Waals surface area contributed by atoms with Gasteiger partial charge in [-0.15, -0.1) is 0 Å². The van der Waals surface area contributed by atoms with E-state index in [0.29, 0.717) is 10.9 Å². The highest BCUT2D eigenvalue weighted by molar-refractivity contribution is 6.31. The van der Waals surface area contributed by atoms with Crippen LogP contribution in [0.3, 0.4) is 0 Å². The Morgan fingerprint density at radius 3 is 2.82 bits per heavy atom. The zero-order valence-electron chi connectivity index (χ0n) is 9.56. The first kappa shape index (κ1) is 10.9. The molecular weight excluding hydrogens is 238 g/mol. The molecule has 3 heterocycles. The molecule has 0 bridgehead atoms. The average Bonchev–Trinajstić information content (AvgIpc) is 2.69. The van der Waals surface area contributed by atoms with Gasteiger partial charge in [-0.3, -0.25) is 4.40 Å². The normalized spacial score (nSPS) is 16.6. The number of hydrogen-bond acceptors (Lipinski definition) is 4. The first-order chi connectivity index (χ1) is 8.24. The zero-order chi connectivity index (χ0) is 11.8. The molecular formula is C10H12BClN4O. The van der Waals surface area contributed by atoms with Crippen LogP contribution in [0.15, 0.2) is 12.3 Å². The predicted octanol–water partition coefficient (Wildman–Crippen LogP) is -0.522. The Bertz CT molecular complexity index is 552. The van der Waals surface area contributed by atoms with Crippen LogP contribution in [-0.2, 0) is 4.74 Å². The number of hydrogen-bond donors (Lipinski definition) is 0. The minimum Gasteiger partial charge on any atom is -0.378 e. The highest BCUT2D eigenvalue weighted by atomic mass is 35.5. The third-order valence-electron chi connectivity index (χ3n) is 2.84. The third kappa shape index (κ3) is 1.98. The van der Waals surface area contributed by atoms with Crippen molar-refractivity contribution in [1.82, 2.24) is 14.4 Å². The molecule has 1 aliphatic rings. The average molecular weight is 250 g/mol. The fourth-order valence-electron chi connectivity index (χ4n) is 2.07. The number of aromatic nitrogens is 3. The highest BCUT2D eigenvalue weighted by Crippen LogP contribution is 2.20. The Kier molecular flexibility index (Phi) is 2.68. The minimum atomic E-state index is 0.476. The first-order valence-electron chi connectivity index (χ1n) is 5.59. The third-order valence-corrected chi connectivity index (χ3v) is 3.04. The van der Waals surface area contributed by atoms with Crippen LogP contribution in [0.2, 0.25) is 5.15 Å². The van der Waals surface area contributed by atoms with E-state index < -0.39 is 0 Å². The van der Waals surface area contributed by atoms with E-state index in [0.717, 1.165) is 37.7 Å². The fourth-order valence-corrected chi connectivity index (χ4v) is 2.25. The van der Waals surface area contributed by atoms with Crippen LogP contribution in [0.1, 0.15) is 0 Å². The van der Waals surface area contributed by atoms with Crippen molar-refractivity contribution in [2.75, 3.05) is 31.2 Å². The maximum atomic E-state index is 6.03. The summed E-state index contributed by atoms with van der Waals surface area (Å²) in [5.41, 5.74) is 0.939. The summed E-state index contributed by atoms with van der Waals surface area (Å²) < 4.78 is 7.33. The Hall–Kier alpha value is -1.27. The number of nitrogens with zero attached hydrogens (tertiary/aromatic N) is 4. The lowest BCUT2D eigenvalue weighted by Crippen LogP contribution is -2.37. The van der Waals surface area contributed by atoms with Gasteiger partial charge < -0.3 is 9.64 Å². The molecule has 0 unspecified atom stereocenters. The van der Waals surface area contributed by atoms with Gasteiger partial charge in [0.15, 0.2) is 7.85 Å². The lowest BCUT2D eigenvalue weighted by atomic mass is 10.1. The van der Waals surface area contributed by atoms with Gasteiger partial charge in [0.2, 0.25) is 5.78 Å². The van der Waals surface area contributed by atoms with Gasteiger partial charge in [-0.25, -0.2) is 9.97 Å². The van der Waals surface area contributed by atoms with Crippen molar-refractivity contribution in [2.45, 2.75) is 0 Å². The van der Waals surface area contributed by atoms with Crippen LogP contribution in [0, 0.1) is 0 Å². The summed E-state index contributed by atoms with van der Waals surface area (Å²) in [5.74, 6) is 1.68. The number of halogens is 1. The van der Waals surface area contributed by atoms with E-state index in [2.05, 4.69) is 14.9 Å². The number of morpholine rings is 1. The van der Waals surface area contributed by atoms with Crippen molar-refractivity contribution in [1.29, 1.82) is 0 Å². The van der Waals surface area contributed by atoms with E-state index in [-0.39, 0.29) is 0 Å². The van der Waals surface area contributed by atoms with Crippen LogP contribution >= 0.6 is 11.6 Å². The SMILES string of the molecule is Bc1cn2c(N3CCOCC3)cc(Cl)nc2n1. The number of rotatable bonds is 1. The molecule has 3 rings (SSSR count). The van der Waals surface area contributed by atoms with E-state index in [1.807, 2.05) is 24.5 Å². The topological polar surface area (TPSA) is 42.7 Å². The fraction of sp³-hybridized carbons (Fsp3) is 0.400. The highest BCUT2D eigenvalue weighted by Gasteiger charge is 2.16. The largest absolute Gasteiger partial charge is 0.378 e. The molecule has 2 aromatic heterocycles. The van der Waals surface area contributed by atoms with E-state index in [1.165, 1.54) is 0 Å². The van der Waals surface area contributed by atoms with E-state index >= 15 is 0 Å². The van der Waals surface area contributed by atoms with E-state index in [4.69, 9.17) is 16.3 Å². The maximum absolute atomic E-state index is 6.03. The van der Waals surface area contributed by atoms with Crippen LogP contribution < -0.4 is 10.5 Å². The van der Waals surface area contributed by atoms with E-state index in [1.54, 1.807) is 0 Å². The Labute approximate surface area is 105 Å². The molecule has 0 N–H and O–H groups in total. The molecule has 7 heteroatoms. The molecule has 0 aromatic carbocycles. The number of imidazole rings is 1. The summed E-state index contributed by atoms with van der Waals surface area (Å²) in [6.45, 7) is 3.23. The van der Waals surface area contributed by atoms with Crippen molar-refractivity contribution in [2.24, 2.45) is 0 Å². The molecule has 1 fully saturated rings. The second-order valence-electron chi connectivity index (χ2n) is 4.09. The molecule has 0 aliphatic carbocycles. The van der Waals surface area contributed by atoms with Crippen LogP contribution in [0.4, 0.5) is 5.82 Å². The quantitative estimate of drug-likeness (QED) is 0.504. The smallest absolute Gasteiger partial charge is 0.236 e. The summed E-state index contributed by atoms with van der Waals surface area (Å²) >= 11 is 6.03. The van der Waals surface area contributed by atoms with Gasteiger partial charge in [0.05, 0.1) is 13.2 Å². The summed E-state index contributed by atoms with van der Waals surface area (Å²) in [7, 11) is 1.95. The zero-order valence-corrected chi connectivity index (χ0v) is 10.3. The van der Waals surface area contributed by atoms with Gasteiger partial charge in [0.25, 0.3) is 0 Å². The van der Waals surface area contributed by atoms with Crippen LogP contribution in [0.5, 0.6) is 0 Å². The molecule has 0 spiro atoms.